The van der Waals surface area contributed by atoms with Crippen molar-refractivity contribution < 1.29 is 17.9 Å². The first-order valence-electron chi connectivity index (χ1n) is 7.22. The third-order valence-electron chi connectivity index (χ3n) is 3.39. The van der Waals surface area contributed by atoms with E-state index in [9.17, 15) is 13.2 Å². The number of carbonyl (C=O) groups is 1. The molecule has 2 N–H and O–H groups in total. The van der Waals surface area contributed by atoms with Crippen LogP contribution in [0, 0.1) is 20.8 Å². The van der Waals surface area contributed by atoms with Crippen LogP contribution in [-0.2, 0) is 14.8 Å². The van der Waals surface area contributed by atoms with Crippen molar-refractivity contribution in [3.8, 4) is 0 Å². The molecule has 0 unspecified atom stereocenters. The number of anilines is 1. The number of hydrogen-bond acceptors (Lipinski definition) is 4. The van der Waals surface area contributed by atoms with E-state index >= 15 is 0 Å². The molecule has 23 heavy (non-hydrogen) atoms. The number of esters is 1. The first kappa shape index (κ1) is 17.1. The molecule has 2 aromatic rings. The maximum Gasteiger partial charge on any atom is 0.355 e. The van der Waals surface area contributed by atoms with E-state index in [1.54, 1.807) is 39.0 Å². The minimum Gasteiger partial charge on any atom is -0.461 e. The molecule has 124 valence electrons. The molecule has 1 aromatic carbocycles. The topological polar surface area (TPSA) is 88.3 Å². The Labute approximate surface area is 135 Å². The fourth-order valence-electron chi connectivity index (χ4n) is 2.46. The summed E-state index contributed by atoms with van der Waals surface area (Å²) < 4.78 is 32.8. The minimum atomic E-state index is -3.81. The smallest absolute Gasteiger partial charge is 0.355 e. The average molecular weight is 336 g/mol. The Bertz CT molecular complexity index is 838. The third-order valence-corrected chi connectivity index (χ3v) is 5.04. The van der Waals surface area contributed by atoms with Gasteiger partial charge in [-0.1, -0.05) is 12.1 Å². The second-order valence-electron chi connectivity index (χ2n) is 5.27. The van der Waals surface area contributed by atoms with Gasteiger partial charge in [0.15, 0.2) is 0 Å². The number of sulfonamides is 1. The highest BCUT2D eigenvalue weighted by molar-refractivity contribution is 7.92. The summed E-state index contributed by atoms with van der Waals surface area (Å²) >= 11 is 0. The van der Waals surface area contributed by atoms with Crippen molar-refractivity contribution in [2.24, 2.45) is 0 Å². The normalized spacial score (nSPS) is 11.3. The lowest BCUT2D eigenvalue weighted by Gasteiger charge is -2.09. The molecule has 0 amide bonds. The van der Waals surface area contributed by atoms with E-state index in [1.165, 1.54) is 0 Å². The number of aryl methyl sites for hydroxylation is 2. The summed E-state index contributed by atoms with van der Waals surface area (Å²) in [4.78, 5) is 14.8. The molecule has 0 aliphatic rings. The molecule has 1 aromatic heterocycles. The van der Waals surface area contributed by atoms with Gasteiger partial charge in [0.2, 0.25) is 0 Å². The van der Waals surface area contributed by atoms with Crippen molar-refractivity contribution >= 4 is 21.7 Å². The van der Waals surface area contributed by atoms with Crippen molar-refractivity contribution in [1.29, 1.82) is 0 Å². The van der Waals surface area contributed by atoms with Gasteiger partial charge in [-0.15, -0.1) is 0 Å². The van der Waals surface area contributed by atoms with Gasteiger partial charge in [-0.05, 0) is 45.4 Å². The lowest BCUT2D eigenvalue weighted by atomic mass is 10.2. The first-order valence-corrected chi connectivity index (χ1v) is 8.70. The lowest BCUT2D eigenvalue weighted by molar-refractivity contribution is 0.0519. The molecule has 7 heteroatoms. The quantitative estimate of drug-likeness (QED) is 0.822. The van der Waals surface area contributed by atoms with Crippen molar-refractivity contribution in [3.05, 3.63) is 46.8 Å². The lowest BCUT2D eigenvalue weighted by Crippen LogP contribution is -2.15. The molecule has 0 spiro atoms. The maximum atomic E-state index is 12.7. The summed E-state index contributed by atoms with van der Waals surface area (Å²) in [5.41, 5.74) is 2.32. The number of benzene rings is 1. The van der Waals surface area contributed by atoms with Crippen LogP contribution in [0.15, 0.2) is 29.2 Å². The summed E-state index contributed by atoms with van der Waals surface area (Å²) in [6.07, 6.45) is 0. The first-order chi connectivity index (χ1) is 10.8. The Kier molecular flexibility index (Phi) is 4.79. The van der Waals surface area contributed by atoms with Crippen LogP contribution in [0.4, 0.5) is 5.69 Å². The molecule has 0 atom stereocenters. The van der Waals surface area contributed by atoms with Gasteiger partial charge < -0.3 is 9.72 Å². The van der Waals surface area contributed by atoms with Crippen LogP contribution in [0.2, 0.25) is 0 Å². The third kappa shape index (κ3) is 3.56. The molecule has 0 aliphatic carbocycles. The van der Waals surface area contributed by atoms with E-state index in [2.05, 4.69) is 9.71 Å². The predicted molar refractivity (Wildman–Crippen MR) is 88.2 cm³/mol. The van der Waals surface area contributed by atoms with Gasteiger partial charge >= 0.3 is 5.97 Å². The van der Waals surface area contributed by atoms with Crippen molar-refractivity contribution in [3.63, 3.8) is 0 Å². The molecule has 0 fully saturated rings. The Balaban J connectivity index is 2.42. The van der Waals surface area contributed by atoms with Crippen LogP contribution in [0.5, 0.6) is 0 Å². The number of nitrogens with one attached hydrogen (secondary N) is 2. The van der Waals surface area contributed by atoms with E-state index in [0.717, 1.165) is 5.56 Å². The molecule has 0 saturated carbocycles. The zero-order chi connectivity index (χ0) is 17.2. The van der Waals surface area contributed by atoms with E-state index in [4.69, 9.17) is 4.74 Å². The summed E-state index contributed by atoms with van der Waals surface area (Å²) in [5, 5.41) is 0. The van der Waals surface area contributed by atoms with Gasteiger partial charge in [-0.25, -0.2) is 13.2 Å². The monoisotopic (exact) mass is 336 g/mol. The van der Waals surface area contributed by atoms with Gasteiger partial charge in [0.25, 0.3) is 10.0 Å². The molecule has 2 rings (SSSR count). The highest BCUT2D eigenvalue weighted by Crippen LogP contribution is 2.26. The Morgan fingerprint density at radius 3 is 2.57 bits per heavy atom. The molecule has 6 nitrogen and oxygen atoms in total. The zero-order valence-electron chi connectivity index (χ0n) is 13.6. The Morgan fingerprint density at radius 1 is 1.26 bits per heavy atom. The van der Waals surface area contributed by atoms with Crippen LogP contribution >= 0.6 is 0 Å². The van der Waals surface area contributed by atoms with E-state index in [0.29, 0.717) is 16.9 Å². The second kappa shape index (κ2) is 6.45. The number of rotatable bonds is 5. The number of carbonyl (C=O) groups excluding carboxylic acids is 1. The van der Waals surface area contributed by atoms with Crippen molar-refractivity contribution in [2.45, 2.75) is 32.6 Å². The van der Waals surface area contributed by atoms with E-state index in [1.807, 2.05) is 13.0 Å². The molecular formula is C16H20N2O4S. The molecule has 0 saturated heterocycles. The van der Waals surface area contributed by atoms with Crippen molar-refractivity contribution in [2.75, 3.05) is 11.3 Å². The van der Waals surface area contributed by atoms with Gasteiger partial charge in [-0.2, -0.15) is 0 Å². The molecule has 0 bridgehead atoms. The van der Waals surface area contributed by atoms with Gasteiger partial charge in [0.05, 0.1) is 6.61 Å². The number of hydrogen-bond donors (Lipinski definition) is 2. The van der Waals surface area contributed by atoms with Gasteiger partial charge in [0, 0.05) is 16.9 Å². The molecule has 1 heterocycles. The highest BCUT2D eigenvalue weighted by Gasteiger charge is 2.27. The second-order valence-corrected chi connectivity index (χ2v) is 6.89. The zero-order valence-corrected chi connectivity index (χ0v) is 14.4. The number of ether oxygens (including phenoxy) is 1. The summed E-state index contributed by atoms with van der Waals surface area (Å²) in [7, 11) is -3.81. The van der Waals surface area contributed by atoms with E-state index in [-0.39, 0.29) is 17.2 Å². The van der Waals surface area contributed by atoms with Crippen molar-refractivity contribution in [1.82, 2.24) is 4.98 Å². The van der Waals surface area contributed by atoms with Crippen LogP contribution in [0.25, 0.3) is 0 Å². The summed E-state index contributed by atoms with van der Waals surface area (Å²) in [6.45, 7) is 6.99. The van der Waals surface area contributed by atoms with Crippen LogP contribution in [-0.4, -0.2) is 26.0 Å². The number of aromatic amines is 1. The number of H-pyrrole nitrogens is 1. The SMILES string of the molecule is CCOC(=O)c1[nH]c(C)c(S(=O)(=O)Nc2cccc(C)c2)c1C. The summed E-state index contributed by atoms with van der Waals surface area (Å²) in [5.74, 6) is -0.565. The van der Waals surface area contributed by atoms with Gasteiger partial charge in [0.1, 0.15) is 10.6 Å². The number of aromatic nitrogens is 1. The fourth-order valence-corrected chi connectivity index (χ4v) is 3.96. The minimum absolute atomic E-state index is 0.0714. The van der Waals surface area contributed by atoms with E-state index < -0.39 is 16.0 Å². The predicted octanol–water partition coefficient (Wildman–Crippen LogP) is 2.92. The Hall–Kier alpha value is -2.28. The Morgan fingerprint density at radius 2 is 1.96 bits per heavy atom. The van der Waals surface area contributed by atoms with Crippen LogP contribution in [0.3, 0.4) is 0 Å². The average Bonchev–Trinajstić information content (AvgIpc) is 2.74. The maximum absolute atomic E-state index is 12.7. The standard InChI is InChI=1S/C16H20N2O4S/c1-5-22-16(19)14-11(3)15(12(4)17-14)23(20,21)18-13-8-6-7-10(2)9-13/h6-9,17-18H,5H2,1-4H3. The fraction of sp³-hybridized carbons (Fsp3) is 0.312. The summed E-state index contributed by atoms with van der Waals surface area (Å²) in [6, 6.07) is 7.06. The molecule has 0 radical (unpaired) electrons. The van der Waals surface area contributed by atoms with Crippen LogP contribution < -0.4 is 4.72 Å². The largest absolute Gasteiger partial charge is 0.461 e. The molecule has 0 aliphatic heterocycles. The molecular weight excluding hydrogens is 316 g/mol. The van der Waals surface area contributed by atoms with Gasteiger partial charge in [-0.3, -0.25) is 4.72 Å². The van der Waals surface area contributed by atoms with Crippen LogP contribution in [0.1, 0.15) is 34.2 Å². The highest BCUT2D eigenvalue weighted by atomic mass is 32.2.